The maximum atomic E-state index is 12.8. The lowest BCUT2D eigenvalue weighted by molar-refractivity contribution is 0.0811. The Morgan fingerprint density at radius 2 is 2.15 bits per heavy atom. The lowest BCUT2D eigenvalue weighted by Gasteiger charge is -2.32. The van der Waals surface area contributed by atoms with Gasteiger partial charge in [0.2, 0.25) is 0 Å². The summed E-state index contributed by atoms with van der Waals surface area (Å²) in [5, 5.41) is 10.2. The number of halogens is 1. The van der Waals surface area contributed by atoms with Crippen molar-refractivity contribution in [2.45, 2.75) is 32.9 Å². The Bertz CT molecular complexity index is 793. The van der Waals surface area contributed by atoms with Gasteiger partial charge in [-0.15, -0.1) is 0 Å². The summed E-state index contributed by atoms with van der Waals surface area (Å²) in [6.07, 6.45) is 1.91. The molecule has 1 aliphatic rings. The van der Waals surface area contributed by atoms with Gasteiger partial charge in [0.1, 0.15) is 5.75 Å². The zero-order chi connectivity index (χ0) is 19.2. The molecule has 144 valence electrons. The molecule has 0 spiro atoms. The van der Waals surface area contributed by atoms with Crippen molar-refractivity contribution in [1.29, 1.82) is 0 Å². The van der Waals surface area contributed by atoms with Gasteiger partial charge in [-0.3, -0.25) is 9.69 Å². The van der Waals surface area contributed by atoms with E-state index in [1.54, 1.807) is 12.1 Å². The van der Waals surface area contributed by atoms with Gasteiger partial charge >= 0.3 is 0 Å². The Hall–Kier alpha value is -1.88. The van der Waals surface area contributed by atoms with Gasteiger partial charge in [0.15, 0.2) is 5.78 Å². The summed E-state index contributed by atoms with van der Waals surface area (Å²) in [5.41, 5.74) is 2.62. The number of ketones is 1. The molecule has 1 atom stereocenters. The topological polar surface area (TPSA) is 49.8 Å². The van der Waals surface area contributed by atoms with E-state index in [0.29, 0.717) is 17.2 Å². The van der Waals surface area contributed by atoms with Gasteiger partial charge in [-0.1, -0.05) is 29.8 Å². The molecule has 0 saturated carbocycles. The molecule has 1 fully saturated rings. The van der Waals surface area contributed by atoms with E-state index in [0.717, 1.165) is 49.4 Å². The molecule has 0 aromatic heterocycles. The van der Waals surface area contributed by atoms with Crippen LogP contribution in [0.2, 0.25) is 5.02 Å². The summed E-state index contributed by atoms with van der Waals surface area (Å²) in [6, 6.07) is 13.2. The van der Waals surface area contributed by atoms with Crippen LogP contribution in [0.25, 0.3) is 0 Å². The van der Waals surface area contributed by atoms with E-state index in [-0.39, 0.29) is 18.3 Å². The molecule has 3 rings (SSSR count). The maximum absolute atomic E-state index is 12.8. The molecule has 0 aliphatic carbocycles. The van der Waals surface area contributed by atoms with Gasteiger partial charge in [-0.05, 0) is 56.1 Å². The van der Waals surface area contributed by atoms with E-state index >= 15 is 0 Å². The Balaban J connectivity index is 1.67. The molecule has 2 aromatic carbocycles. The van der Waals surface area contributed by atoms with Gasteiger partial charge in [0.25, 0.3) is 0 Å². The highest BCUT2D eigenvalue weighted by molar-refractivity contribution is 6.31. The number of ether oxygens (including phenoxy) is 1. The third-order valence-electron chi connectivity index (χ3n) is 4.99. The van der Waals surface area contributed by atoms with Gasteiger partial charge in [0.05, 0.1) is 13.2 Å². The minimum absolute atomic E-state index is 0.00257. The monoisotopic (exact) mass is 387 g/mol. The van der Waals surface area contributed by atoms with Crippen LogP contribution >= 0.6 is 11.6 Å². The Labute approximate surface area is 165 Å². The van der Waals surface area contributed by atoms with Crippen molar-refractivity contribution in [3.05, 3.63) is 64.2 Å². The van der Waals surface area contributed by atoms with Crippen LogP contribution in [0.1, 0.15) is 41.3 Å². The Kier molecular flexibility index (Phi) is 6.89. The molecule has 1 N–H and O–H groups in total. The number of likely N-dealkylation sites (tertiary alicyclic amines) is 1. The van der Waals surface area contributed by atoms with Crippen LogP contribution < -0.4 is 4.74 Å². The first-order valence-corrected chi connectivity index (χ1v) is 9.86. The highest BCUT2D eigenvalue weighted by Crippen LogP contribution is 2.25. The number of Topliss-reactive ketones (excluding diaryl/α,β-unsaturated/α-hetero) is 1. The number of aliphatic hydroxyl groups excluding tert-OH is 1. The van der Waals surface area contributed by atoms with Crippen LogP contribution in [0.3, 0.4) is 0 Å². The molecule has 5 heteroatoms. The molecule has 0 bridgehead atoms. The number of carbonyl (C=O) groups is 1. The molecule has 27 heavy (non-hydrogen) atoms. The maximum Gasteiger partial charge on any atom is 0.167 e. The smallest absolute Gasteiger partial charge is 0.167 e. The summed E-state index contributed by atoms with van der Waals surface area (Å²) in [4.78, 5) is 15.1. The fourth-order valence-corrected chi connectivity index (χ4v) is 3.89. The third-order valence-corrected chi connectivity index (χ3v) is 5.22. The highest BCUT2D eigenvalue weighted by Gasteiger charge is 2.26. The van der Waals surface area contributed by atoms with Crippen molar-refractivity contribution in [2.24, 2.45) is 5.92 Å². The first kappa shape index (κ1) is 19.9. The van der Waals surface area contributed by atoms with E-state index in [4.69, 9.17) is 16.3 Å². The van der Waals surface area contributed by atoms with Crippen molar-refractivity contribution in [3.63, 3.8) is 0 Å². The van der Waals surface area contributed by atoms with Crippen molar-refractivity contribution in [1.82, 2.24) is 4.90 Å². The minimum Gasteiger partial charge on any atom is -0.494 e. The molecule has 1 heterocycles. The molecule has 1 saturated heterocycles. The number of hydrogen-bond acceptors (Lipinski definition) is 4. The van der Waals surface area contributed by atoms with E-state index in [2.05, 4.69) is 4.90 Å². The molecule has 4 nitrogen and oxygen atoms in total. The summed E-state index contributed by atoms with van der Waals surface area (Å²) in [5.74, 6) is 0.901. The van der Waals surface area contributed by atoms with Crippen LogP contribution in [-0.2, 0) is 13.2 Å². The molecule has 0 amide bonds. The number of benzene rings is 2. The standard InChI is InChI=1S/C22H26ClNO3/c1-2-27-21-9-8-16(11-19(21)15-25)13-24-10-4-6-18(14-24)22(26)17-5-3-7-20(23)12-17/h3,5,7-9,11-12,18,25H,2,4,6,10,13-15H2,1H3. The van der Waals surface area contributed by atoms with Crippen LogP contribution in [0.5, 0.6) is 5.75 Å². The van der Waals surface area contributed by atoms with E-state index < -0.39 is 0 Å². The van der Waals surface area contributed by atoms with Crippen LogP contribution in [0, 0.1) is 5.92 Å². The Morgan fingerprint density at radius 3 is 2.89 bits per heavy atom. The number of rotatable bonds is 7. The Morgan fingerprint density at radius 1 is 1.30 bits per heavy atom. The van der Waals surface area contributed by atoms with E-state index in [9.17, 15) is 9.90 Å². The highest BCUT2D eigenvalue weighted by atomic mass is 35.5. The zero-order valence-corrected chi connectivity index (χ0v) is 16.4. The zero-order valence-electron chi connectivity index (χ0n) is 15.7. The molecular formula is C22H26ClNO3. The average molecular weight is 388 g/mol. The summed E-state index contributed by atoms with van der Waals surface area (Å²) < 4.78 is 5.55. The number of piperidine rings is 1. The van der Waals surface area contributed by atoms with Gasteiger partial charge in [0, 0.05) is 35.2 Å². The molecule has 1 unspecified atom stereocenters. The molecular weight excluding hydrogens is 362 g/mol. The van der Waals surface area contributed by atoms with Crippen LogP contribution in [0.15, 0.2) is 42.5 Å². The number of carbonyl (C=O) groups excluding carboxylic acids is 1. The fraction of sp³-hybridized carbons (Fsp3) is 0.409. The first-order valence-electron chi connectivity index (χ1n) is 9.48. The normalized spacial score (nSPS) is 17.7. The largest absolute Gasteiger partial charge is 0.494 e. The molecule has 0 radical (unpaired) electrons. The summed E-state index contributed by atoms with van der Waals surface area (Å²) >= 11 is 6.03. The van der Waals surface area contributed by atoms with Crippen molar-refractivity contribution in [3.8, 4) is 5.75 Å². The number of aliphatic hydroxyl groups is 1. The van der Waals surface area contributed by atoms with Crippen LogP contribution in [0.4, 0.5) is 0 Å². The molecule has 2 aromatic rings. The van der Waals surface area contributed by atoms with Crippen molar-refractivity contribution >= 4 is 17.4 Å². The predicted molar refractivity (Wildman–Crippen MR) is 107 cm³/mol. The van der Waals surface area contributed by atoms with Crippen molar-refractivity contribution < 1.29 is 14.6 Å². The fourth-order valence-electron chi connectivity index (χ4n) is 3.70. The van der Waals surface area contributed by atoms with Crippen molar-refractivity contribution in [2.75, 3.05) is 19.7 Å². The third kappa shape index (κ3) is 5.10. The number of nitrogens with zero attached hydrogens (tertiary/aromatic N) is 1. The average Bonchev–Trinajstić information content (AvgIpc) is 2.69. The van der Waals surface area contributed by atoms with Gasteiger partial charge in [-0.25, -0.2) is 0 Å². The lowest BCUT2D eigenvalue weighted by Crippen LogP contribution is -2.38. The van der Waals surface area contributed by atoms with E-state index in [1.165, 1.54) is 0 Å². The van der Waals surface area contributed by atoms with Gasteiger partial charge < -0.3 is 9.84 Å². The minimum atomic E-state index is -0.0426. The summed E-state index contributed by atoms with van der Waals surface area (Å²) in [7, 11) is 0. The lowest BCUT2D eigenvalue weighted by atomic mass is 9.90. The number of hydrogen-bond donors (Lipinski definition) is 1. The second kappa shape index (κ2) is 9.36. The predicted octanol–water partition coefficient (Wildman–Crippen LogP) is 4.33. The quantitative estimate of drug-likeness (QED) is 0.718. The first-order chi connectivity index (χ1) is 13.1. The molecule has 1 aliphatic heterocycles. The summed E-state index contributed by atoms with van der Waals surface area (Å²) in [6.45, 7) is 4.94. The van der Waals surface area contributed by atoms with E-state index in [1.807, 2.05) is 37.3 Å². The SMILES string of the molecule is CCOc1ccc(CN2CCCC(C(=O)c3cccc(Cl)c3)C2)cc1CO. The van der Waals surface area contributed by atoms with Crippen LogP contribution in [-0.4, -0.2) is 35.5 Å². The second-order valence-corrected chi connectivity index (χ2v) is 7.42. The second-order valence-electron chi connectivity index (χ2n) is 6.98. The van der Waals surface area contributed by atoms with Gasteiger partial charge in [-0.2, -0.15) is 0 Å².